The van der Waals surface area contributed by atoms with Gasteiger partial charge in [0.05, 0.1) is 4.92 Å². The standard InChI is InChI=1S/C16H21N5O6/c17-18-14(22)5-6-15(23)19-7-9-20(10-8-19)16(24)11-27-13-3-1-12(2-4-13)21(25)26/h1-4H,5-11,17H2,(H,18,22). The zero-order chi connectivity index (χ0) is 19.8. The van der Waals surface area contributed by atoms with Crippen LogP contribution >= 0.6 is 0 Å². The van der Waals surface area contributed by atoms with Crippen molar-refractivity contribution in [2.45, 2.75) is 12.8 Å². The number of non-ortho nitro benzene ring substituents is 1. The van der Waals surface area contributed by atoms with Gasteiger partial charge in [0.25, 0.3) is 11.6 Å². The number of rotatable bonds is 7. The number of hydrogen-bond donors (Lipinski definition) is 2. The van der Waals surface area contributed by atoms with E-state index in [2.05, 4.69) is 0 Å². The van der Waals surface area contributed by atoms with Crippen LogP contribution in [0.1, 0.15) is 12.8 Å². The van der Waals surface area contributed by atoms with E-state index in [1.807, 2.05) is 5.43 Å². The molecule has 0 unspecified atom stereocenters. The minimum absolute atomic E-state index is 0.0254. The van der Waals surface area contributed by atoms with E-state index in [-0.39, 0.29) is 37.0 Å². The second-order valence-corrected chi connectivity index (χ2v) is 5.87. The van der Waals surface area contributed by atoms with Crippen LogP contribution in [-0.2, 0) is 14.4 Å². The molecule has 1 saturated heterocycles. The van der Waals surface area contributed by atoms with Crippen molar-refractivity contribution in [2.75, 3.05) is 32.8 Å². The number of nitro benzene ring substituents is 1. The van der Waals surface area contributed by atoms with Gasteiger partial charge in [-0.2, -0.15) is 0 Å². The molecule has 146 valence electrons. The first-order valence-electron chi connectivity index (χ1n) is 8.33. The molecule has 0 bridgehead atoms. The molecule has 1 heterocycles. The van der Waals surface area contributed by atoms with Crippen LogP contribution < -0.4 is 16.0 Å². The third-order valence-corrected chi connectivity index (χ3v) is 4.12. The predicted octanol–water partition coefficient (Wildman–Crippen LogP) is -0.585. The van der Waals surface area contributed by atoms with Gasteiger partial charge in [-0.1, -0.05) is 0 Å². The van der Waals surface area contributed by atoms with Crippen LogP contribution in [0.3, 0.4) is 0 Å². The van der Waals surface area contributed by atoms with Crippen LogP contribution in [0.2, 0.25) is 0 Å². The molecule has 1 fully saturated rings. The van der Waals surface area contributed by atoms with Crippen molar-refractivity contribution >= 4 is 23.4 Å². The summed E-state index contributed by atoms with van der Waals surface area (Å²) in [7, 11) is 0. The van der Waals surface area contributed by atoms with E-state index in [1.165, 1.54) is 24.3 Å². The Morgan fingerprint density at radius 1 is 1.04 bits per heavy atom. The van der Waals surface area contributed by atoms with E-state index in [1.54, 1.807) is 9.80 Å². The van der Waals surface area contributed by atoms with Gasteiger partial charge in [0.1, 0.15) is 5.75 Å². The number of nitro groups is 1. The van der Waals surface area contributed by atoms with Crippen LogP contribution in [0.4, 0.5) is 5.69 Å². The third kappa shape index (κ3) is 5.92. The van der Waals surface area contributed by atoms with Crippen LogP contribution in [0.15, 0.2) is 24.3 Å². The largest absolute Gasteiger partial charge is 0.484 e. The summed E-state index contributed by atoms with van der Waals surface area (Å²) in [5.41, 5.74) is 1.91. The lowest BCUT2D eigenvalue weighted by atomic mass is 10.2. The Bertz CT molecular complexity index is 700. The average molecular weight is 379 g/mol. The molecule has 0 spiro atoms. The molecule has 0 atom stereocenters. The Balaban J connectivity index is 1.73. The highest BCUT2D eigenvalue weighted by Gasteiger charge is 2.24. The third-order valence-electron chi connectivity index (χ3n) is 4.12. The molecule has 0 radical (unpaired) electrons. The van der Waals surface area contributed by atoms with Gasteiger partial charge >= 0.3 is 0 Å². The zero-order valence-corrected chi connectivity index (χ0v) is 14.6. The summed E-state index contributed by atoms with van der Waals surface area (Å²) in [6.45, 7) is 1.32. The van der Waals surface area contributed by atoms with E-state index in [9.17, 15) is 24.5 Å². The number of nitrogens with one attached hydrogen (secondary N) is 1. The number of amides is 3. The average Bonchev–Trinajstić information content (AvgIpc) is 2.70. The van der Waals surface area contributed by atoms with Gasteiger partial charge in [0, 0.05) is 51.2 Å². The maximum absolute atomic E-state index is 12.2. The number of nitrogens with two attached hydrogens (primary N) is 1. The van der Waals surface area contributed by atoms with E-state index in [0.29, 0.717) is 31.9 Å². The summed E-state index contributed by atoms with van der Waals surface area (Å²) in [5.74, 6) is 4.54. The Kier molecular flexibility index (Phi) is 7.06. The molecule has 0 aliphatic carbocycles. The monoisotopic (exact) mass is 379 g/mol. The summed E-state index contributed by atoms with van der Waals surface area (Å²) in [5, 5.41) is 10.6. The van der Waals surface area contributed by atoms with Gasteiger partial charge in [0.15, 0.2) is 6.61 Å². The predicted molar refractivity (Wildman–Crippen MR) is 93.3 cm³/mol. The second kappa shape index (κ2) is 9.48. The molecule has 0 saturated carbocycles. The molecule has 11 nitrogen and oxygen atoms in total. The van der Waals surface area contributed by atoms with E-state index in [4.69, 9.17) is 10.6 Å². The van der Waals surface area contributed by atoms with E-state index >= 15 is 0 Å². The first kappa shape index (κ1) is 20.1. The van der Waals surface area contributed by atoms with Crippen molar-refractivity contribution in [2.24, 2.45) is 5.84 Å². The fraction of sp³-hybridized carbons (Fsp3) is 0.438. The SMILES string of the molecule is NNC(=O)CCC(=O)N1CCN(C(=O)COc2ccc([N+](=O)[O-])cc2)CC1. The molecule has 1 aliphatic rings. The summed E-state index contributed by atoms with van der Waals surface area (Å²) in [6, 6.07) is 5.46. The molecule has 1 aromatic carbocycles. The molecule has 3 N–H and O–H groups in total. The highest BCUT2D eigenvalue weighted by atomic mass is 16.6. The van der Waals surface area contributed by atoms with Gasteiger partial charge in [-0.05, 0) is 12.1 Å². The lowest BCUT2D eigenvalue weighted by molar-refractivity contribution is -0.384. The van der Waals surface area contributed by atoms with Gasteiger partial charge < -0.3 is 14.5 Å². The quantitative estimate of drug-likeness (QED) is 0.278. The second-order valence-electron chi connectivity index (χ2n) is 5.87. The van der Waals surface area contributed by atoms with Gasteiger partial charge in [-0.3, -0.25) is 29.9 Å². The lowest BCUT2D eigenvalue weighted by Gasteiger charge is -2.34. The van der Waals surface area contributed by atoms with Crippen LogP contribution in [0.25, 0.3) is 0 Å². The first-order chi connectivity index (χ1) is 12.9. The number of hydrazine groups is 1. The van der Waals surface area contributed by atoms with Crippen molar-refractivity contribution < 1.29 is 24.0 Å². The number of nitrogens with zero attached hydrogens (tertiary/aromatic N) is 3. The summed E-state index contributed by atoms with van der Waals surface area (Å²) in [4.78, 5) is 48.6. The van der Waals surface area contributed by atoms with Crippen molar-refractivity contribution in [3.05, 3.63) is 34.4 Å². The highest BCUT2D eigenvalue weighted by Crippen LogP contribution is 2.17. The molecule has 3 amide bonds. The number of benzene rings is 1. The zero-order valence-electron chi connectivity index (χ0n) is 14.6. The van der Waals surface area contributed by atoms with Gasteiger partial charge in [-0.25, -0.2) is 5.84 Å². The van der Waals surface area contributed by atoms with Crippen molar-refractivity contribution in [3.63, 3.8) is 0 Å². The minimum atomic E-state index is -0.516. The number of carbonyl (C=O) groups is 3. The summed E-state index contributed by atoms with van der Waals surface area (Å²) >= 11 is 0. The number of ether oxygens (including phenoxy) is 1. The molecular formula is C16H21N5O6. The highest BCUT2D eigenvalue weighted by molar-refractivity contribution is 5.84. The van der Waals surface area contributed by atoms with E-state index in [0.717, 1.165) is 0 Å². The van der Waals surface area contributed by atoms with E-state index < -0.39 is 10.8 Å². The minimum Gasteiger partial charge on any atom is -0.484 e. The fourth-order valence-corrected chi connectivity index (χ4v) is 2.56. The first-order valence-corrected chi connectivity index (χ1v) is 8.33. The molecule has 0 aromatic heterocycles. The van der Waals surface area contributed by atoms with Crippen molar-refractivity contribution in [1.29, 1.82) is 0 Å². The van der Waals surface area contributed by atoms with Crippen LogP contribution in [-0.4, -0.2) is 65.2 Å². The van der Waals surface area contributed by atoms with Gasteiger partial charge in [0.2, 0.25) is 11.8 Å². The molecule has 27 heavy (non-hydrogen) atoms. The summed E-state index contributed by atoms with van der Waals surface area (Å²) < 4.78 is 5.36. The maximum atomic E-state index is 12.2. The molecular weight excluding hydrogens is 358 g/mol. The Morgan fingerprint density at radius 2 is 1.59 bits per heavy atom. The Labute approximate surface area is 155 Å². The number of carbonyl (C=O) groups excluding carboxylic acids is 3. The molecule has 1 aromatic rings. The number of hydrogen-bond acceptors (Lipinski definition) is 7. The summed E-state index contributed by atoms with van der Waals surface area (Å²) in [6.07, 6.45) is 0.0950. The molecule has 1 aliphatic heterocycles. The normalized spacial score (nSPS) is 13.8. The Morgan fingerprint density at radius 3 is 2.11 bits per heavy atom. The lowest BCUT2D eigenvalue weighted by Crippen LogP contribution is -2.51. The fourth-order valence-electron chi connectivity index (χ4n) is 2.56. The molecule has 11 heteroatoms. The number of piperazine rings is 1. The van der Waals surface area contributed by atoms with Crippen LogP contribution in [0, 0.1) is 10.1 Å². The maximum Gasteiger partial charge on any atom is 0.269 e. The van der Waals surface area contributed by atoms with Crippen LogP contribution in [0.5, 0.6) is 5.75 Å². The van der Waals surface area contributed by atoms with Crippen molar-refractivity contribution in [1.82, 2.24) is 15.2 Å². The topological polar surface area (TPSA) is 148 Å². The van der Waals surface area contributed by atoms with Crippen molar-refractivity contribution in [3.8, 4) is 5.75 Å². The smallest absolute Gasteiger partial charge is 0.269 e. The Hall–Kier alpha value is -3.21. The van der Waals surface area contributed by atoms with Gasteiger partial charge in [-0.15, -0.1) is 0 Å². The molecule has 2 rings (SSSR count).